The van der Waals surface area contributed by atoms with Crippen molar-refractivity contribution in [3.8, 4) is 0 Å². The predicted molar refractivity (Wildman–Crippen MR) is 142 cm³/mol. The van der Waals surface area contributed by atoms with Gasteiger partial charge in [-0.25, -0.2) is 8.78 Å². The SMILES string of the molecule is COC1=CCC(C)(C2=CCC(C)(C3=CCC(C)(C4CCC(c5c(F)cccc5F)=N4)C=C3)C=C2)S1. The van der Waals surface area contributed by atoms with Gasteiger partial charge in [0.25, 0.3) is 0 Å². The van der Waals surface area contributed by atoms with E-state index in [0.717, 1.165) is 30.8 Å². The summed E-state index contributed by atoms with van der Waals surface area (Å²) in [6.45, 7) is 6.79. The summed E-state index contributed by atoms with van der Waals surface area (Å²) in [7, 11) is 1.73. The first kappa shape index (κ1) is 24.3. The minimum atomic E-state index is -0.528. The van der Waals surface area contributed by atoms with Crippen molar-refractivity contribution in [3.05, 3.63) is 94.2 Å². The number of benzene rings is 1. The zero-order chi connectivity index (χ0) is 24.8. The average molecular weight is 494 g/mol. The van der Waals surface area contributed by atoms with Gasteiger partial charge in [0.2, 0.25) is 0 Å². The topological polar surface area (TPSA) is 21.6 Å². The number of hydrogen-bond donors (Lipinski definition) is 0. The molecule has 0 radical (unpaired) electrons. The fourth-order valence-electron chi connectivity index (χ4n) is 5.67. The van der Waals surface area contributed by atoms with E-state index in [1.807, 2.05) is 0 Å². The number of thioether (sulfide) groups is 1. The molecule has 5 heteroatoms. The molecule has 0 spiro atoms. The molecular formula is C30H33F2NOS. The van der Waals surface area contributed by atoms with E-state index in [1.165, 1.54) is 29.3 Å². The fourth-order valence-corrected chi connectivity index (χ4v) is 6.80. The molecule has 5 rings (SSSR count). The highest BCUT2D eigenvalue weighted by atomic mass is 32.2. The van der Waals surface area contributed by atoms with Crippen molar-refractivity contribution in [2.24, 2.45) is 15.8 Å². The maximum Gasteiger partial charge on any atom is 0.149 e. The summed E-state index contributed by atoms with van der Waals surface area (Å²) >= 11 is 1.80. The lowest BCUT2D eigenvalue weighted by atomic mass is 9.68. The standard InChI is InChI=1S/C30H33F2NOS/c1-28(15-12-21(13-16-28)30(3)19-14-26(34-4)35-30)20-10-17-29(2,18-11-20)25-9-8-24(33-25)27-22(31)6-5-7-23(27)32/h5-7,10-15,17,25H,8-9,16,18-19H2,1-4H3. The van der Waals surface area contributed by atoms with Crippen LogP contribution in [-0.4, -0.2) is 23.6 Å². The molecule has 2 nitrogen and oxygen atoms in total. The summed E-state index contributed by atoms with van der Waals surface area (Å²) in [6, 6.07) is 4.04. The minimum Gasteiger partial charge on any atom is -0.491 e. The Morgan fingerprint density at radius 1 is 0.943 bits per heavy atom. The Hall–Kier alpha value is -2.40. The smallest absolute Gasteiger partial charge is 0.149 e. The van der Waals surface area contributed by atoms with Crippen molar-refractivity contribution < 1.29 is 13.5 Å². The van der Waals surface area contributed by atoms with Crippen LogP contribution in [0.4, 0.5) is 8.78 Å². The molecule has 1 aromatic rings. The van der Waals surface area contributed by atoms with Gasteiger partial charge in [0.15, 0.2) is 0 Å². The van der Waals surface area contributed by atoms with Crippen LogP contribution in [-0.2, 0) is 4.74 Å². The maximum atomic E-state index is 14.3. The number of methoxy groups -OCH3 is 1. The predicted octanol–water partition coefficient (Wildman–Crippen LogP) is 8.08. The number of rotatable bonds is 5. The minimum absolute atomic E-state index is 0.0218. The molecule has 4 atom stereocenters. The van der Waals surface area contributed by atoms with E-state index in [-0.39, 0.29) is 27.2 Å². The third-order valence-corrected chi connectivity index (χ3v) is 9.60. The molecule has 2 aliphatic heterocycles. The van der Waals surface area contributed by atoms with Crippen LogP contribution in [0.15, 0.2) is 82.0 Å². The summed E-state index contributed by atoms with van der Waals surface area (Å²) < 4.78 is 34.1. The van der Waals surface area contributed by atoms with E-state index in [1.54, 1.807) is 18.9 Å². The highest BCUT2D eigenvalue weighted by Crippen LogP contribution is 2.51. The lowest BCUT2D eigenvalue weighted by Gasteiger charge is -2.38. The van der Waals surface area contributed by atoms with Gasteiger partial charge in [-0.15, -0.1) is 0 Å². The number of hydrogen-bond acceptors (Lipinski definition) is 3. The van der Waals surface area contributed by atoms with Gasteiger partial charge in [0.05, 0.1) is 18.7 Å². The number of ether oxygens (including phenoxy) is 1. The summed E-state index contributed by atoms with van der Waals surface area (Å²) in [4.78, 5) is 4.82. The van der Waals surface area contributed by atoms with Gasteiger partial charge in [-0.1, -0.05) is 68.1 Å². The summed E-state index contributed by atoms with van der Waals surface area (Å²) in [5.41, 5.74) is 3.08. The monoisotopic (exact) mass is 493 g/mol. The van der Waals surface area contributed by atoms with Crippen LogP contribution in [0.2, 0.25) is 0 Å². The molecule has 0 saturated heterocycles. The largest absolute Gasteiger partial charge is 0.491 e. The van der Waals surface area contributed by atoms with E-state index in [9.17, 15) is 8.78 Å². The fraction of sp³-hybridized carbons (Fsp3) is 0.433. The Bertz CT molecular complexity index is 1200. The molecule has 2 aliphatic carbocycles. The van der Waals surface area contributed by atoms with Crippen molar-refractivity contribution in [1.82, 2.24) is 0 Å². The van der Waals surface area contributed by atoms with Gasteiger partial charge in [0.1, 0.15) is 16.7 Å². The van der Waals surface area contributed by atoms with Crippen LogP contribution in [0.5, 0.6) is 0 Å². The Labute approximate surface area is 211 Å². The summed E-state index contributed by atoms with van der Waals surface area (Å²) in [5, 5.41) is 1.00. The first-order valence-electron chi connectivity index (χ1n) is 12.4. The second kappa shape index (κ2) is 8.92. The Morgan fingerprint density at radius 3 is 2.26 bits per heavy atom. The number of aliphatic imine (C=N–C) groups is 1. The molecule has 0 aromatic heterocycles. The van der Waals surface area contributed by atoms with Gasteiger partial charge in [-0.2, -0.15) is 0 Å². The van der Waals surface area contributed by atoms with Gasteiger partial charge < -0.3 is 4.74 Å². The zero-order valence-corrected chi connectivity index (χ0v) is 21.7. The first-order chi connectivity index (χ1) is 16.7. The summed E-state index contributed by atoms with van der Waals surface area (Å²) in [5.74, 6) is -1.06. The molecular weight excluding hydrogens is 460 g/mol. The number of nitrogens with zero attached hydrogens (tertiary/aromatic N) is 1. The Kier molecular flexibility index (Phi) is 6.19. The second-order valence-electron chi connectivity index (χ2n) is 10.8. The number of allylic oxidation sites excluding steroid dienone is 7. The van der Waals surface area contributed by atoms with E-state index < -0.39 is 11.6 Å². The molecule has 0 fully saturated rings. The lowest BCUT2D eigenvalue weighted by molar-refractivity contribution is 0.325. The molecule has 184 valence electrons. The van der Waals surface area contributed by atoms with Crippen LogP contribution in [0.1, 0.15) is 58.4 Å². The molecule has 35 heavy (non-hydrogen) atoms. The molecule has 0 saturated carbocycles. The number of halogens is 2. The Morgan fingerprint density at radius 2 is 1.66 bits per heavy atom. The van der Waals surface area contributed by atoms with Crippen molar-refractivity contribution in [1.29, 1.82) is 0 Å². The zero-order valence-electron chi connectivity index (χ0n) is 20.9. The molecule has 4 aliphatic rings. The average Bonchev–Trinajstić information content (AvgIpc) is 3.48. The van der Waals surface area contributed by atoms with Crippen LogP contribution in [0.3, 0.4) is 0 Å². The molecule has 2 heterocycles. The molecule has 0 bridgehead atoms. The van der Waals surface area contributed by atoms with Gasteiger partial charge >= 0.3 is 0 Å². The van der Waals surface area contributed by atoms with Gasteiger partial charge in [-0.3, -0.25) is 4.99 Å². The highest BCUT2D eigenvalue weighted by molar-refractivity contribution is 8.04. The maximum absolute atomic E-state index is 14.3. The highest BCUT2D eigenvalue weighted by Gasteiger charge is 2.40. The van der Waals surface area contributed by atoms with Crippen molar-refractivity contribution >= 4 is 17.5 Å². The van der Waals surface area contributed by atoms with Crippen LogP contribution in [0.25, 0.3) is 0 Å². The van der Waals surface area contributed by atoms with E-state index in [0.29, 0.717) is 12.1 Å². The third kappa shape index (κ3) is 4.37. The van der Waals surface area contributed by atoms with E-state index in [2.05, 4.69) is 63.3 Å². The molecule has 0 N–H and O–H groups in total. The first-order valence-corrected chi connectivity index (χ1v) is 13.2. The van der Waals surface area contributed by atoms with Crippen LogP contribution < -0.4 is 0 Å². The lowest BCUT2D eigenvalue weighted by Crippen LogP contribution is -2.30. The van der Waals surface area contributed by atoms with Crippen LogP contribution in [0, 0.1) is 22.5 Å². The van der Waals surface area contributed by atoms with Crippen molar-refractivity contribution in [3.63, 3.8) is 0 Å². The van der Waals surface area contributed by atoms with Crippen LogP contribution >= 0.6 is 11.8 Å². The van der Waals surface area contributed by atoms with Crippen molar-refractivity contribution in [2.45, 2.75) is 63.7 Å². The third-order valence-electron chi connectivity index (χ3n) is 8.22. The summed E-state index contributed by atoms with van der Waals surface area (Å²) in [6.07, 6.45) is 20.3. The molecule has 4 unspecified atom stereocenters. The van der Waals surface area contributed by atoms with E-state index >= 15 is 0 Å². The quantitative estimate of drug-likeness (QED) is 0.413. The van der Waals surface area contributed by atoms with Gasteiger partial charge in [0, 0.05) is 21.3 Å². The normalized spacial score (nSPS) is 34.4. The Balaban J connectivity index is 1.28. The second-order valence-corrected chi connectivity index (χ2v) is 12.3. The molecule has 0 amide bonds. The van der Waals surface area contributed by atoms with Gasteiger partial charge in [-0.05, 0) is 68.4 Å². The van der Waals surface area contributed by atoms with Crippen molar-refractivity contribution in [2.75, 3.05) is 7.11 Å². The molecule has 1 aromatic carbocycles. The van der Waals surface area contributed by atoms with E-state index in [4.69, 9.17) is 9.73 Å².